The summed E-state index contributed by atoms with van der Waals surface area (Å²) >= 11 is 0. The van der Waals surface area contributed by atoms with Gasteiger partial charge in [0.25, 0.3) is 5.91 Å². The average Bonchev–Trinajstić information content (AvgIpc) is 3.09. The zero-order valence-electron chi connectivity index (χ0n) is 28.5. The molecule has 1 aliphatic rings. The maximum absolute atomic E-state index is 14.0. The number of nitrogens with zero attached hydrogens (tertiary/aromatic N) is 3. The minimum Gasteiger partial charge on any atom is -0.469 e. The van der Waals surface area contributed by atoms with Crippen LogP contribution in [0.4, 0.5) is 10.5 Å². The molecule has 10 nitrogen and oxygen atoms in total. The molecule has 1 N–H and O–H groups in total. The van der Waals surface area contributed by atoms with Crippen molar-refractivity contribution < 1.29 is 28.7 Å². The number of hydrogen-bond donors (Lipinski definition) is 1. The molecule has 0 aromatic heterocycles. The van der Waals surface area contributed by atoms with E-state index in [4.69, 9.17) is 9.47 Å². The van der Waals surface area contributed by atoms with Gasteiger partial charge in [0.05, 0.1) is 20.1 Å². The van der Waals surface area contributed by atoms with Crippen LogP contribution in [0.25, 0.3) is 0 Å². The van der Waals surface area contributed by atoms with E-state index in [-0.39, 0.29) is 30.9 Å². The number of benzene rings is 3. The van der Waals surface area contributed by atoms with Crippen LogP contribution >= 0.6 is 0 Å². The molecular formula is C38H48N4O6. The Kier molecular flexibility index (Phi) is 13.0. The molecule has 0 saturated carbocycles. The molecule has 4 rings (SSSR count). The number of ether oxygens (including phenoxy) is 2. The van der Waals surface area contributed by atoms with E-state index in [1.807, 2.05) is 99.6 Å². The van der Waals surface area contributed by atoms with Crippen LogP contribution in [0.2, 0.25) is 0 Å². The van der Waals surface area contributed by atoms with Gasteiger partial charge in [-0.3, -0.25) is 14.4 Å². The van der Waals surface area contributed by atoms with Crippen molar-refractivity contribution in [2.24, 2.45) is 0 Å². The molecule has 1 heterocycles. The van der Waals surface area contributed by atoms with E-state index in [2.05, 4.69) is 10.2 Å². The number of aryl methyl sites for hydroxylation is 1. The summed E-state index contributed by atoms with van der Waals surface area (Å²) in [6.45, 7) is 7.94. The van der Waals surface area contributed by atoms with Gasteiger partial charge in [0.1, 0.15) is 5.60 Å². The van der Waals surface area contributed by atoms with Gasteiger partial charge in [0.15, 0.2) is 0 Å². The molecule has 3 amide bonds. The Hall–Kier alpha value is -4.86. The van der Waals surface area contributed by atoms with Crippen LogP contribution in [-0.2, 0) is 31.9 Å². The highest BCUT2D eigenvalue weighted by molar-refractivity contribution is 5.97. The van der Waals surface area contributed by atoms with Gasteiger partial charge >= 0.3 is 12.1 Å². The fourth-order valence-corrected chi connectivity index (χ4v) is 5.60. The molecule has 1 saturated heterocycles. The fourth-order valence-electron chi connectivity index (χ4n) is 5.60. The van der Waals surface area contributed by atoms with E-state index >= 15 is 0 Å². The van der Waals surface area contributed by atoms with Gasteiger partial charge in [-0.25, -0.2) is 4.79 Å². The second-order valence-electron chi connectivity index (χ2n) is 13.0. The summed E-state index contributed by atoms with van der Waals surface area (Å²) in [6.07, 6.45) is 1.51. The van der Waals surface area contributed by atoms with Gasteiger partial charge in [-0.15, -0.1) is 0 Å². The molecule has 48 heavy (non-hydrogen) atoms. The maximum Gasteiger partial charge on any atom is 0.410 e. The highest BCUT2D eigenvalue weighted by Crippen LogP contribution is 2.21. The monoisotopic (exact) mass is 656 g/mol. The van der Waals surface area contributed by atoms with Crippen LogP contribution in [0, 0.1) is 0 Å². The molecule has 1 fully saturated rings. The van der Waals surface area contributed by atoms with Crippen LogP contribution in [0.3, 0.4) is 0 Å². The number of hydrogen-bond acceptors (Lipinski definition) is 7. The van der Waals surface area contributed by atoms with E-state index in [1.165, 1.54) is 7.11 Å². The smallest absolute Gasteiger partial charge is 0.410 e. The predicted molar refractivity (Wildman–Crippen MR) is 186 cm³/mol. The Labute approximate surface area is 284 Å². The SMILES string of the molecule is COC(=O)C[C@@H](CCc1ccccc1)NC(=O)CN(CCc1ccccc1)C(=O)c1cccc(N2CCN(C(=O)OC(C)(C)C)CC2)c1. The summed E-state index contributed by atoms with van der Waals surface area (Å²) in [4.78, 5) is 57.6. The van der Waals surface area contributed by atoms with Gasteiger partial charge in [0.2, 0.25) is 5.91 Å². The highest BCUT2D eigenvalue weighted by Gasteiger charge is 2.27. The van der Waals surface area contributed by atoms with E-state index < -0.39 is 17.6 Å². The van der Waals surface area contributed by atoms with Gasteiger partial charge in [-0.05, 0) is 69.4 Å². The van der Waals surface area contributed by atoms with Crippen molar-refractivity contribution >= 4 is 29.6 Å². The molecule has 0 aliphatic carbocycles. The van der Waals surface area contributed by atoms with Crippen molar-refractivity contribution in [1.29, 1.82) is 0 Å². The molecule has 1 atom stereocenters. The van der Waals surface area contributed by atoms with Crippen molar-refractivity contribution in [1.82, 2.24) is 15.1 Å². The number of amides is 3. The lowest BCUT2D eigenvalue weighted by molar-refractivity contribution is -0.141. The third-order valence-electron chi connectivity index (χ3n) is 8.15. The number of esters is 1. The third kappa shape index (κ3) is 11.4. The van der Waals surface area contributed by atoms with E-state index in [9.17, 15) is 19.2 Å². The van der Waals surface area contributed by atoms with E-state index in [0.717, 1.165) is 16.8 Å². The summed E-state index contributed by atoms with van der Waals surface area (Å²) in [5.74, 6) is -1.01. The number of nitrogens with one attached hydrogen (secondary N) is 1. The van der Waals surface area contributed by atoms with Crippen molar-refractivity contribution in [3.63, 3.8) is 0 Å². The van der Waals surface area contributed by atoms with Crippen LogP contribution in [0.1, 0.15) is 55.1 Å². The summed E-state index contributed by atoms with van der Waals surface area (Å²) in [5.41, 5.74) is 2.94. The lowest BCUT2D eigenvalue weighted by Gasteiger charge is -2.37. The largest absolute Gasteiger partial charge is 0.469 e. The first-order valence-electron chi connectivity index (χ1n) is 16.6. The summed E-state index contributed by atoms with van der Waals surface area (Å²) in [7, 11) is 1.33. The second-order valence-corrected chi connectivity index (χ2v) is 13.0. The van der Waals surface area contributed by atoms with Crippen LogP contribution < -0.4 is 10.2 Å². The molecule has 1 aliphatic heterocycles. The maximum atomic E-state index is 14.0. The van der Waals surface area contributed by atoms with Crippen LogP contribution in [-0.4, -0.2) is 91.7 Å². The van der Waals surface area contributed by atoms with Gasteiger partial charge in [-0.1, -0.05) is 66.7 Å². The number of carbonyl (C=O) groups excluding carboxylic acids is 4. The summed E-state index contributed by atoms with van der Waals surface area (Å²) in [5, 5.41) is 2.99. The zero-order chi connectivity index (χ0) is 34.5. The molecule has 10 heteroatoms. The molecule has 3 aromatic rings. The second kappa shape index (κ2) is 17.3. The molecule has 3 aromatic carbocycles. The Morgan fingerprint density at radius 3 is 2.06 bits per heavy atom. The molecule has 0 bridgehead atoms. The summed E-state index contributed by atoms with van der Waals surface area (Å²) < 4.78 is 10.4. The average molecular weight is 657 g/mol. The normalized spacial score (nSPS) is 13.8. The van der Waals surface area contributed by atoms with E-state index in [0.29, 0.717) is 57.5 Å². The highest BCUT2D eigenvalue weighted by atomic mass is 16.6. The Bertz CT molecular complexity index is 1500. The topological polar surface area (TPSA) is 108 Å². The lowest BCUT2D eigenvalue weighted by Crippen LogP contribution is -2.50. The molecular weight excluding hydrogens is 608 g/mol. The van der Waals surface area contributed by atoms with E-state index in [1.54, 1.807) is 15.9 Å². The quantitative estimate of drug-likeness (QED) is 0.255. The zero-order valence-corrected chi connectivity index (χ0v) is 28.5. The Morgan fingerprint density at radius 1 is 0.833 bits per heavy atom. The number of methoxy groups -OCH3 is 1. The van der Waals surface area contributed by atoms with Crippen LogP contribution in [0.15, 0.2) is 84.9 Å². The molecule has 256 valence electrons. The van der Waals surface area contributed by atoms with Crippen molar-refractivity contribution in [3.8, 4) is 0 Å². The van der Waals surface area contributed by atoms with Crippen molar-refractivity contribution in [3.05, 3.63) is 102 Å². The number of anilines is 1. The Balaban J connectivity index is 1.45. The minimum atomic E-state index is -0.559. The van der Waals surface area contributed by atoms with Gasteiger partial charge in [-0.2, -0.15) is 0 Å². The first-order chi connectivity index (χ1) is 23.0. The molecule has 0 unspecified atom stereocenters. The number of rotatable bonds is 13. The summed E-state index contributed by atoms with van der Waals surface area (Å²) in [6, 6.07) is 26.7. The number of piperazine rings is 1. The van der Waals surface area contributed by atoms with Gasteiger partial charge in [0, 0.05) is 50.0 Å². The first kappa shape index (κ1) is 36.0. The fraction of sp³-hybridized carbons (Fsp3) is 0.421. The molecule has 0 spiro atoms. The minimum absolute atomic E-state index is 0.0380. The van der Waals surface area contributed by atoms with Crippen LogP contribution in [0.5, 0.6) is 0 Å². The van der Waals surface area contributed by atoms with Crippen molar-refractivity contribution in [2.75, 3.05) is 51.3 Å². The third-order valence-corrected chi connectivity index (χ3v) is 8.15. The Morgan fingerprint density at radius 2 is 1.46 bits per heavy atom. The first-order valence-corrected chi connectivity index (χ1v) is 16.6. The standard InChI is InChI=1S/C38H48N4O6/c1-38(2,3)48-37(46)41-24-22-40(23-25-41)33-17-11-16-31(26-33)36(45)42(21-20-30-14-9-6-10-15-30)28-34(43)39-32(27-35(44)47-4)19-18-29-12-7-5-8-13-29/h5-17,26,32H,18-25,27-28H2,1-4H3,(H,39,43)/t32-/m1/s1. The predicted octanol–water partition coefficient (Wildman–Crippen LogP) is 5.11. The van der Waals surface area contributed by atoms with Gasteiger partial charge < -0.3 is 29.5 Å². The number of carbonyl (C=O) groups is 4. The van der Waals surface area contributed by atoms with Crippen molar-refractivity contribution in [2.45, 2.75) is 58.1 Å². The molecule has 0 radical (unpaired) electrons. The lowest BCUT2D eigenvalue weighted by atomic mass is 10.0.